The van der Waals surface area contributed by atoms with E-state index >= 15 is 0 Å². The molecule has 0 fully saturated rings. The van der Waals surface area contributed by atoms with E-state index in [1.807, 2.05) is 22.6 Å². The van der Waals surface area contributed by atoms with Crippen LogP contribution in [0.4, 0.5) is 13.2 Å². The van der Waals surface area contributed by atoms with Gasteiger partial charge in [0.2, 0.25) is 0 Å². The lowest BCUT2D eigenvalue weighted by Gasteiger charge is -2.11. The van der Waals surface area contributed by atoms with E-state index in [4.69, 9.17) is 0 Å². The number of Topliss-reactive ketones (excluding diaryl/α,β-unsaturated/α-hetero) is 1. The van der Waals surface area contributed by atoms with Crippen molar-refractivity contribution >= 4 is 28.4 Å². The summed E-state index contributed by atoms with van der Waals surface area (Å²) in [6, 6.07) is 1.95. The molecule has 0 unspecified atom stereocenters. The Morgan fingerprint density at radius 2 is 1.87 bits per heavy atom. The molecule has 0 saturated carbocycles. The van der Waals surface area contributed by atoms with Gasteiger partial charge in [-0.25, -0.2) is 0 Å². The summed E-state index contributed by atoms with van der Waals surface area (Å²) in [5.74, 6) is -0.353. The fourth-order valence-corrected chi connectivity index (χ4v) is 1.88. The molecule has 1 rings (SSSR count). The summed E-state index contributed by atoms with van der Waals surface area (Å²) in [4.78, 5) is 11.1. The molecule has 0 aliphatic carbocycles. The van der Waals surface area contributed by atoms with Crippen molar-refractivity contribution in [2.75, 3.05) is 0 Å². The van der Waals surface area contributed by atoms with E-state index in [1.54, 1.807) is 6.92 Å². The SMILES string of the molecule is CC(=O)c1cc(C(F)(F)F)cc(C)c1I. The minimum Gasteiger partial charge on any atom is -0.294 e. The maximum absolute atomic E-state index is 12.4. The maximum atomic E-state index is 12.4. The number of carbonyl (C=O) groups is 1. The number of benzene rings is 1. The Bertz CT molecular complexity index is 410. The van der Waals surface area contributed by atoms with Gasteiger partial charge in [-0.2, -0.15) is 13.2 Å². The highest BCUT2D eigenvalue weighted by atomic mass is 127. The van der Waals surface area contributed by atoms with Gasteiger partial charge in [0.05, 0.1) is 5.56 Å². The monoisotopic (exact) mass is 328 g/mol. The Balaban J connectivity index is 3.43. The highest BCUT2D eigenvalue weighted by molar-refractivity contribution is 14.1. The molecule has 0 saturated heterocycles. The second-order valence-corrected chi connectivity index (χ2v) is 4.29. The van der Waals surface area contributed by atoms with Gasteiger partial charge in [-0.05, 0) is 54.1 Å². The van der Waals surface area contributed by atoms with Crippen LogP contribution in [0.2, 0.25) is 0 Å². The number of alkyl halides is 3. The van der Waals surface area contributed by atoms with Crippen LogP contribution in [0.25, 0.3) is 0 Å². The summed E-state index contributed by atoms with van der Waals surface area (Å²) in [6.45, 7) is 2.82. The normalized spacial score (nSPS) is 11.6. The van der Waals surface area contributed by atoms with Crippen LogP contribution in [0.3, 0.4) is 0 Å². The van der Waals surface area contributed by atoms with Crippen molar-refractivity contribution in [2.24, 2.45) is 0 Å². The molecule has 1 aromatic carbocycles. The fraction of sp³-hybridized carbons (Fsp3) is 0.300. The smallest absolute Gasteiger partial charge is 0.294 e. The number of carbonyl (C=O) groups excluding carboxylic acids is 1. The quantitative estimate of drug-likeness (QED) is 0.566. The molecule has 15 heavy (non-hydrogen) atoms. The van der Waals surface area contributed by atoms with Crippen LogP contribution in [-0.2, 0) is 6.18 Å². The Kier molecular flexibility index (Phi) is 3.42. The average Bonchev–Trinajstić information content (AvgIpc) is 2.06. The predicted octanol–water partition coefficient (Wildman–Crippen LogP) is 3.82. The van der Waals surface area contributed by atoms with E-state index in [9.17, 15) is 18.0 Å². The van der Waals surface area contributed by atoms with Crippen LogP contribution in [0, 0.1) is 10.5 Å². The van der Waals surface area contributed by atoms with Crippen LogP contribution in [0.5, 0.6) is 0 Å². The molecule has 0 aromatic heterocycles. The standard InChI is InChI=1S/C10H8F3IO/c1-5-3-7(10(11,12)13)4-8(6(2)15)9(5)14/h3-4H,1-2H3. The van der Waals surface area contributed by atoms with E-state index in [1.165, 1.54) is 6.92 Å². The van der Waals surface area contributed by atoms with Gasteiger partial charge < -0.3 is 0 Å². The fourth-order valence-electron chi connectivity index (χ4n) is 1.19. The van der Waals surface area contributed by atoms with E-state index in [2.05, 4.69) is 0 Å². The summed E-state index contributed by atoms with van der Waals surface area (Å²) in [5.41, 5.74) is -0.177. The summed E-state index contributed by atoms with van der Waals surface area (Å²) >= 11 is 1.88. The molecule has 5 heteroatoms. The minimum atomic E-state index is -4.40. The molecule has 0 radical (unpaired) electrons. The highest BCUT2D eigenvalue weighted by Gasteiger charge is 2.31. The Morgan fingerprint density at radius 1 is 1.33 bits per heavy atom. The number of hydrogen-bond acceptors (Lipinski definition) is 1. The Labute approximate surface area is 98.8 Å². The molecule has 1 aromatic rings. The van der Waals surface area contributed by atoms with Gasteiger partial charge in [0.1, 0.15) is 0 Å². The third-order valence-electron chi connectivity index (χ3n) is 1.96. The van der Waals surface area contributed by atoms with Gasteiger partial charge in [0.25, 0.3) is 0 Å². The van der Waals surface area contributed by atoms with E-state index in [-0.39, 0.29) is 11.3 Å². The van der Waals surface area contributed by atoms with Crippen molar-refractivity contribution in [3.63, 3.8) is 0 Å². The molecular formula is C10H8F3IO. The van der Waals surface area contributed by atoms with Crippen LogP contribution in [0.15, 0.2) is 12.1 Å². The maximum Gasteiger partial charge on any atom is 0.416 e. The highest BCUT2D eigenvalue weighted by Crippen LogP contribution is 2.32. The Morgan fingerprint density at radius 3 is 2.27 bits per heavy atom. The number of ketones is 1. The van der Waals surface area contributed by atoms with Crippen LogP contribution in [0.1, 0.15) is 28.4 Å². The topological polar surface area (TPSA) is 17.1 Å². The first kappa shape index (κ1) is 12.5. The van der Waals surface area contributed by atoms with E-state index < -0.39 is 11.7 Å². The number of halogens is 4. The van der Waals surface area contributed by atoms with E-state index in [0.29, 0.717) is 9.13 Å². The molecule has 0 amide bonds. The summed E-state index contributed by atoms with van der Waals surface area (Å²) in [7, 11) is 0. The van der Waals surface area contributed by atoms with Crippen LogP contribution in [-0.4, -0.2) is 5.78 Å². The first-order chi connectivity index (χ1) is 6.73. The molecule has 0 atom stereocenters. The summed E-state index contributed by atoms with van der Waals surface area (Å²) in [6.07, 6.45) is -4.40. The van der Waals surface area contributed by atoms with Crippen molar-refractivity contribution in [3.8, 4) is 0 Å². The molecule has 0 bridgehead atoms. The van der Waals surface area contributed by atoms with Crippen molar-refractivity contribution in [1.82, 2.24) is 0 Å². The van der Waals surface area contributed by atoms with Crippen molar-refractivity contribution in [2.45, 2.75) is 20.0 Å². The number of hydrogen-bond donors (Lipinski definition) is 0. The van der Waals surface area contributed by atoms with Crippen LogP contribution < -0.4 is 0 Å². The molecule has 0 N–H and O–H groups in total. The van der Waals surface area contributed by atoms with Gasteiger partial charge >= 0.3 is 6.18 Å². The first-order valence-electron chi connectivity index (χ1n) is 4.11. The van der Waals surface area contributed by atoms with Gasteiger partial charge in [-0.1, -0.05) is 0 Å². The zero-order valence-corrected chi connectivity index (χ0v) is 10.2. The largest absolute Gasteiger partial charge is 0.416 e. The first-order valence-corrected chi connectivity index (χ1v) is 5.19. The second kappa shape index (κ2) is 4.11. The third-order valence-corrected chi connectivity index (χ3v) is 3.39. The molecule has 0 aliphatic rings. The number of rotatable bonds is 1. The second-order valence-electron chi connectivity index (χ2n) is 3.21. The molecule has 0 heterocycles. The molecule has 0 aliphatic heterocycles. The predicted molar refractivity (Wildman–Crippen MR) is 58.9 cm³/mol. The summed E-state index contributed by atoms with van der Waals surface area (Å²) in [5, 5.41) is 0. The van der Waals surface area contributed by atoms with Gasteiger partial charge in [0, 0.05) is 9.13 Å². The lowest BCUT2D eigenvalue weighted by molar-refractivity contribution is -0.137. The average molecular weight is 328 g/mol. The van der Waals surface area contributed by atoms with Crippen LogP contribution >= 0.6 is 22.6 Å². The molecule has 0 spiro atoms. The van der Waals surface area contributed by atoms with Gasteiger partial charge in [-0.3, -0.25) is 4.79 Å². The zero-order valence-electron chi connectivity index (χ0n) is 8.07. The Hall–Kier alpha value is -0.590. The molecular weight excluding hydrogens is 320 g/mol. The van der Waals surface area contributed by atoms with Crippen molar-refractivity contribution in [3.05, 3.63) is 32.4 Å². The molecule has 82 valence electrons. The zero-order chi connectivity index (χ0) is 11.8. The lowest BCUT2D eigenvalue weighted by atomic mass is 10.0. The molecule has 1 nitrogen and oxygen atoms in total. The third kappa shape index (κ3) is 2.70. The minimum absolute atomic E-state index is 0.128. The van der Waals surface area contributed by atoms with E-state index in [0.717, 1.165) is 12.1 Å². The number of aryl methyl sites for hydroxylation is 1. The van der Waals surface area contributed by atoms with Gasteiger partial charge in [-0.15, -0.1) is 0 Å². The van der Waals surface area contributed by atoms with Crippen molar-refractivity contribution in [1.29, 1.82) is 0 Å². The van der Waals surface area contributed by atoms with Crippen molar-refractivity contribution < 1.29 is 18.0 Å². The lowest BCUT2D eigenvalue weighted by Crippen LogP contribution is -2.09. The van der Waals surface area contributed by atoms with Gasteiger partial charge in [0.15, 0.2) is 5.78 Å². The summed E-state index contributed by atoms with van der Waals surface area (Å²) < 4.78 is 37.9.